The van der Waals surface area contributed by atoms with Gasteiger partial charge in [-0.1, -0.05) is 0 Å². The zero-order chi connectivity index (χ0) is 13.4. The van der Waals surface area contributed by atoms with Gasteiger partial charge in [-0.15, -0.1) is 0 Å². The molecule has 0 unspecified atom stereocenters. The number of rotatable bonds is 7. The molecule has 0 radical (unpaired) electrons. The number of hydrogen-bond acceptors (Lipinski definition) is 4. The minimum atomic E-state index is -0.0714. The highest BCUT2D eigenvalue weighted by atomic mass is 79.9. The van der Waals surface area contributed by atoms with E-state index in [-0.39, 0.29) is 5.91 Å². The highest BCUT2D eigenvalue weighted by molar-refractivity contribution is 9.10. The van der Waals surface area contributed by atoms with Crippen LogP contribution in [0.3, 0.4) is 0 Å². The minimum Gasteiger partial charge on any atom is -0.383 e. The van der Waals surface area contributed by atoms with Crippen LogP contribution in [0.4, 0.5) is 0 Å². The monoisotopic (exact) mass is 316 g/mol. The molecule has 0 aliphatic carbocycles. The maximum Gasteiger partial charge on any atom is 0.255 e. The van der Waals surface area contributed by atoms with E-state index < -0.39 is 0 Å². The molecule has 1 aromatic heterocycles. The summed E-state index contributed by atoms with van der Waals surface area (Å²) in [4.78, 5) is 17.9. The number of halogens is 1. The Hall–Kier alpha value is -0.980. The van der Waals surface area contributed by atoms with E-state index in [2.05, 4.69) is 20.9 Å². The number of methoxy groups -OCH3 is 2. The van der Waals surface area contributed by atoms with Crippen LogP contribution >= 0.6 is 15.9 Å². The quantitative estimate of drug-likeness (QED) is 0.766. The number of amides is 1. The molecule has 0 aliphatic heterocycles. The molecule has 0 aliphatic rings. The van der Waals surface area contributed by atoms with Crippen LogP contribution in [0.15, 0.2) is 22.9 Å². The summed E-state index contributed by atoms with van der Waals surface area (Å²) in [6.07, 6.45) is 3.20. The third-order valence-corrected chi connectivity index (χ3v) is 2.80. The molecule has 6 heteroatoms. The van der Waals surface area contributed by atoms with Crippen molar-refractivity contribution in [2.45, 2.75) is 0 Å². The van der Waals surface area contributed by atoms with E-state index in [1.54, 1.807) is 37.6 Å². The van der Waals surface area contributed by atoms with E-state index in [1.165, 1.54) is 0 Å². The Morgan fingerprint density at radius 3 is 2.39 bits per heavy atom. The predicted octanol–water partition coefficient (Wildman–Crippen LogP) is 1.58. The van der Waals surface area contributed by atoms with Gasteiger partial charge < -0.3 is 14.4 Å². The van der Waals surface area contributed by atoms with Crippen molar-refractivity contribution in [1.82, 2.24) is 9.88 Å². The summed E-state index contributed by atoms with van der Waals surface area (Å²) in [5.74, 6) is -0.0714. The van der Waals surface area contributed by atoms with E-state index >= 15 is 0 Å². The summed E-state index contributed by atoms with van der Waals surface area (Å²) in [5, 5.41) is 0. The normalized spacial score (nSPS) is 10.4. The maximum atomic E-state index is 12.3. The number of pyridine rings is 1. The topological polar surface area (TPSA) is 51.7 Å². The molecule has 1 amide bonds. The second kappa shape index (κ2) is 8.18. The van der Waals surface area contributed by atoms with Gasteiger partial charge in [0.15, 0.2) is 0 Å². The van der Waals surface area contributed by atoms with Gasteiger partial charge in [-0.05, 0) is 22.0 Å². The first-order valence-electron chi connectivity index (χ1n) is 5.56. The number of carbonyl (C=O) groups excluding carboxylic acids is 1. The van der Waals surface area contributed by atoms with Crippen molar-refractivity contribution in [2.75, 3.05) is 40.5 Å². The Balaban J connectivity index is 2.73. The lowest BCUT2D eigenvalue weighted by atomic mass is 10.2. The summed E-state index contributed by atoms with van der Waals surface area (Å²) < 4.78 is 10.8. The van der Waals surface area contributed by atoms with Gasteiger partial charge in [0, 0.05) is 44.2 Å². The van der Waals surface area contributed by atoms with E-state index in [4.69, 9.17) is 9.47 Å². The number of ether oxygens (including phenoxy) is 2. The maximum absolute atomic E-state index is 12.3. The van der Waals surface area contributed by atoms with Crippen LogP contribution in [0.2, 0.25) is 0 Å². The van der Waals surface area contributed by atoms with Crippen molar-refractivity contribution >= 4 is 21.8 Å². The Morgan fingerprint density at radius 2 is 1.89 bits per heavy atom. The van der Waals surface area contributed by atoms with E-state index in [0.29, 0.717) is 31.9 Å². The summed E-state index contributed by atoms with van der Waals surface area (Å²) in [6.45, 7) is 2.06. The van der Waals surface area contributed by atoms with Crippen molar-refractivity contribution in [3.8, 4) is 0 Å². The van der Waals surface area contributed by atoms with Crippen LogP contribution in [0, 0.1) is 0 Å². The van der Waals surface area contributed by atoms with E-state index in [0.717, 1.165) is 4.47 Å². The van der Waals surface area contributed by atoms with Gasteiger partial charge in [-0.2, -0.15) is 0 Å². The Bertz CT molecular complexity index is 379. The van der Waals surface area contributed by atoms with Crippen molar-refractivity contribution in [3.05, 3.63) is 28.5 Å². The minimum absolute atomic E-state index is 0.0714. The zero-order valence-electron chi connectivity index (χ0n) is 10.6. The highest BCUT2D eigenvalue weighted by Crippen LogP contribution is 2.11. The molecule has 0 spiro atoms. The molecule has 1 aromatic rings. The van der Waals surface area contributed by atoms with Crippen LogP contribution in [-0.4, -0.2) is 56.3 Å². The van der Waals surface area contributed by atoms with Gasteiger partial charge in [0.1, 0.15) is 0 Å². The van der Waals surface area contributed by atoms with Crippen LogP contribution in [0.1, 0.15) is 10.4 Å². The zero-order valence-corrected chi connectivity index (χ0v) is 12.1. The number of nitrogens with zero attached hydrogens (tertiary/aromatic N) is 2. The summed E-state index contributed by atoms with van der Waals surface area (Å²) >= 11 is 3.30. The number of carbonyl (C=O) groups is 1. The molecular weight excluding hydrogens is 300 g/mol. The number of aromatic nitrogens is 1. The van der Waals surface area contributed by atoms with E-state index in [9.17, 15) is 4.79 Å². The van der Waals surface area contributed by atoms with Gasteiger partial charge in [0.25, 0.3) is 5.91 Å². The second-order valence-electron chi connectivity index (χ2n) is 3.67. The van der Waals surface area contributed by atoms with Crippen LogP contribution in [-0.2, 0) is 9.47 Å². The highest BCUT2D eigenvalue weighted by Gasteiger charge is 2.15. The third-order valence-electron chi connectivity index (χ3n) is 2.37. The molecule has 0 fully saturated rings. The molecule has 0 saturated heterocycles. The van der Waals surface area contributed by atoms with E-state index in [1.807, 2.05) is 0 Å². The molecule has 0 aromatic carbocycles. The molecule has 1 rings (SSSR count). The fraction of sp³-hybridized carbons (Fsp3) is 0.500. The average molecular weight is 317 g/mol. The lowest BCUT2D eigenvalue weighted by Gasteiger charge is -2.22. The van der Waals surface area contributed by atoms with Gasteiger partial charge in [-0.25, -0.2) is 0 Å². The average Bonchev–Trinajstić information content (AvgIpc) is 2.38. The molecule has 18 heavy (non-hydrogen) atoms. The van der Waals surface area contributed by atoms with Gasteiger partial charge in [0.2, 0.25) is 0 Å². The molecule has 0 saturated carbocycles. The fourth-order valence-corrected chi connectivity index (χ4v) is 1.79. The molecular formula is C12H17BrN2O3. The Morgan fingerprint density at radius 1 is 1.28 bits per heavy atom. The first-order chi connectivity index (χ1) is 8.69. The predicted molar refractivity (Wildman–Crippen MR) is 71.6 cm³/mol. The van der Waals surface area contributed by atoms with Crippen molar-refractivity contribution in [2.24, 2.45) is 0 Å². The second-order valence-corrected chi connectivity index (χ2v) is 4.59. The smallest absolute Gasteiger partial charge is 0.255 e. The third kappa shape index (κ3) is 4.72. The van der Waals surface area contributed by atoms with Crippen LogP contribution in [0.25, 0.3) is 0 Å². The molecule has 100 valence electrons. The summed E-state index contributed by atoms with van der Waals surface area (Å²) in [7, 11) is 3.22. The summed E-state index contributed by atoms with van der Waals surface area (Å²) in [5.41, 5.74) is 0.552. The van der Waals surface area contributed by atoms with Gasteiger partial charge >= 0.3 is 0 Å². The fourth-order valence-electron chi connectivity index (χ4n) is 1.43. The van der Waals surface area contributed by atoms with Gasteiger partial charge in [0.05, 0.1) is 18.8 Å². The lowest BCUT2D eigenvalue weighted by molar-refractivity contribution is 0.0627. The van der Waals surface area contributed by atoms with Crippen LogP contribution in [0.5, 0.6) is 0 Å². The molecule has 1 heterocycles. The van der Waals surface area contributed by atoms with Crippen LogP contribution < -0.4 is 0 Å². The Labute approximate surface area is 115 Å². The Kier molecular flexibility index (Phi) is 6.85. The van der Waals surface area contributed by atoms with Gasteiger partial charge in [-0.3, -0.25) is 9.78 Å². The van der Waals surface area contributed by atoms with Crippen molar-refractivity contribution in [1.29, 1.82) is 0 Å². The lowest BCUT2D eigenvalue weighted by Crippen LogP contribution is -2.36. The van der Waals surface area contributed by atoms with Crippen molar-refractivity contribution < 1.29 is 14.3 Å². The van der Waals surface area contributed by atoms with Crippen molar-refractivity contribution in [3.63, 3.8) is 0 Å². The molecule has 0 atom stereocenters. The SMILES string of the molecule is COCCN(CCOC)C(=O)c1cncc(Br)c1. The molecule has 0 N–H and O–H groups in total. The standard InChI is InChI=1S/C12H17BrN2O3/c1-17-5-3-15(4-6-18-2)12(16)10-7-11(13)9-14-8-10/h7-9H,3-6H2,1-2H3. The summed E-state index contributed by atoms with van der Waals surface area (Å²) in [6, 6.07) is 1.75. The molecule has 5 nitrogen and oxygen atoms in total. The molecule has 0 bridgehead atoms. The largest absolute Gasteiger partial charge is 0.383 e. The first kappa shape index (κ1) is 15.1. The number of hydrogen-bond donors (Lipinski definition) is 0. The first-order valence-corrected chi connectivity index (χ1v) is 6.36.